The van der Waals surface area contributed by atoms with Crippen LogP contribution < -0.4 is 16.0 Å². The van der Waals surface area contributed by atoms with E-state index >= 15 is 0 Å². The Morgan fingerprint density at radius 3 is 2.89 bits per heavy atom. The third-order valence-corrected chi connectivity index (χ3v) is 6.31. The topological polar surface area (TPSA) is 74.8 Å². The number of rotatable bonds is 7. The first kappa shape index (κ1) is 20.0. The molecule has 6 nitrogen and oxygen atoms in total. The number of nitrogens with one attached hydrogen (secondary N) is 3. The number of amides is 1. The Hall–Kier alpha value is -1.73. The molecule has 2 heterocycles. The van der Waals surface area contributed by atoms with Gasteiger partial charge in [-0.2, -0.15) is 11.8 Å². The molecule has 2 aliphatic rings. The highest BCUT2D eigenvalue weighted by Crippen LogP contribution is 2.25. The fourth-order valence-electron chi connectivity index (χ4n) is 3.36. The summed E-state index contributed by atoms with van der Waals surface area (Å²) >= 11 is 2.03. The van der Waals surface area contributed by atoms with Gasteiger partial charge in [-0.05, 0) is 49.1 Å². The molecule has 0 spiro atoms. The number of benzene rings is 1. The number of ether oxygens (including phenoxy) is 1. The van der Waals surface area contributed by atoms with Crippen LogP contribution in [0.3, 0.4) is 0 Å². The second-order valence-corrected chi connectivity index (χ2v) is 8.40. The Labute approximate surface area is 165 Å². The zero-order valence-corrected chi connectivity index (χ0v) is 16.8. The molecule has 2 unspecified atom stereocenters. The summed E-state index contributed by atoms with van der Waals surface area (Å²) in [6, 6.07) is 7.71. The van der Waals surface area contributed by atoms with Gasteiger partial charge >= 0.3 is 0 Å². The van der Waals surface area contributed by atoms with Crippen molar-refractivity contribution in [3.63, 3.8) is 0 Å². The number of hydrogen-bond donors (Lipinski definition) is 3. The summed E-state index contributed by atoms with van der Waals surface area (Å²) in [5.41, 5.74) is 1.73. The number of thioether (sulfide) groups is 1. The van der Waals surface area contributed by atoms with Crippen LogP contribution in [-0.2, 0) is 11.3 Å². The average Bonchev–Trinajstić information content (AvgIpc) is 3.40. The number of hydrogen-bond acceptors (Lipinski definition) is 4. The Kier molecular flexibility index (Phi) is 7.83. The molecule has 2 atom stereocenters. The third-order valence-electron chi connectivity index (χ3n) is 4.91. The number of nitrogens with zero attached hydrogens (tertiary/aromatic N) is 1. The smallest absolute Gasteiger partial charge is 0.251 e. The van der Waals surface area contributed by atoms with E-state index in [4.69, 9.17) is 4.74 Å². The molecule has 2 aliphatic heterocycles. The first-order valence-electron chi connectivity index (χ1n) is 9.79. The molecular formula is C20H30N4O2S. The summed E-state index contributed by atoms with van der Waals surface area (Å²) in [7, 11) is 1.78. The van der Waals surface area contributed by atoms with E-state index in [9.17, 15) is 4.79 Å². The minimum atomic E-state index is -0.0480. The second kappa shape index (κ2) is 10.6. The maximum atomic E-state index is 12.4. The van der Waals surface area contributed by atoms with Gasteiger partial charge in [-0.25, -0.2) is 0 Å². The Morgan fingerprint density at radius 1 is 1.22 bits per heavy atom. The SMILES string of the molecule is CN=C(NCc1cccc(C(=O)NCC2CCCO2)c1)NCC1CCCS1. The van der Waals surface area contributed by atoms with Gasteiger partial charge in [0.05, 0.1) is 6.10 Å². The molecule has 7 heteroatoms. The number of carbonyl (C=O) groups is 1. The summed E-state index contributed by atoms with van der Waals surface area (Å²) in [5.74, 6) is 2.02. The molecule has 3 N–H and O–H groups in total. The van der Waals surface area contributed by atoms with Crippen LogP contribution in [0.5, 0.6) is 0 Å². The lowest BCUT2D eigenvalue weighted by Crippen LogP contribution is -2.39. The van der Waals surface area contributed by atoms with Gasteiger partial charge in [-0.3, -0.25) is 9.79 Å². The van der Waals surface area contributed by atoms with E-state index in [0.717, 1.165) is 37.5 Å². The largest absolute Gasteiger partial charge is 0.376 e. The molecule has 148 valence electrons. The zero-order valence-electron chi connectivity index (χ0n) is 16.0. The molecule has 2 fully saturated rings. The summed E-state index contributed by atoms with van der Waals surface area (Å²) in [5, 5.41) is 10.4. The van der Waals surface area contributed by atoms with Crippen LogP contribution in [0, 0.1) is 0 Å². The molecule has 3 rings (SSSR count). The first-order chi connectivity index (χ1) is 13.2. The Morgan fingerprint density at radius 2 is 2.15 bits per heavy atom. The van der Waals surface area contributed by atoms with Gasteiger partial charge < -0.3 is 20.7 Å². The first-order valence-corrected chi connectivity index (χ1v) is 10.8. The minimum absolute atomic E-state index is 0.0480. The highest BCUT2D eigenvalue weighted by Gasteiger charge is 2.17. The van der Waals surface area contributed by atoms with Crippen LogP contribution in [0.25, 0.3) is 0 Å². The van der Waals surface area contributed by atoms with Crippen molar-refractivity contribution in [1.29, 1.82) is 0 Å². The maximum absolute atomic E-state index is 12.4. The van der Waals surface area contributed by atoms with Crippen molar-refractivity contribution < 1.29 is 9.53 Å². The van der Waals surface area contributed by atoms with E-state index < -0.39 is 0 Å². The molecule has 0 radical (unpaired) electrons. The van der Waals surface area contributed by atoms with E-state index in [2.05, 4.69) is 20.9 Å². The average molecular weight is 391 g/mol. The molecule has 2 saturated heterocycles. The van der Waals surface area contributed by atoms with Gasteiger partial charge in [0.15, 0.2) is 5.96 Å². The van der Waals surface area contributed by atoms with Crippen molar-refractivity contribution in [2.24, 2.45) is 4.99 Å². The summed E-state index contributed by atoms with van der Waals surface area (Å²) in [6.07, 6.45) is 4.85. The highest BCUT2D eigenvalue weighted by atomic mass is 32.2. The fraction of sp³-hybridized carbons (Fsp3) is 0.600. The van der Waals surface area contributed by atoms with E-state index in [-0.39, 0.29) is 12.0 Å². The highest BCUT2D eigenvalue weighted by molar-refractivity contribution is 8.00. The van der Waals surface area contributed by atoms with Crippen molar-refractivity contribution in [2.75, 3.05) is 32.5 Å². The monoisotopic (exact) mass is 390 g/mol. The van der Waals surface area contributed by atoms with Crippen LogP contribution in [0.4, 0.5) is 0 Å². The second-order valence-electron chi connectivity index (χ2n) is 6.99. The van der Waals surface area contributed by atoms with Crippen LogP contribution in [0.1, 0.15) is 41.6 Å². The quantitative estimate of drug-likeness (QED) is 0.491. The van der Waals surface area contributed by atoms with E-state index in [0.29, 0.717) is 23.9 Å². The summed E-state index contributed by atoms with van der Waals surface area (Å²) in [6.45, 7) is 2.95. The van der Waals surface area contributed by atoms with Crippen molar-refractivity contribution in [3.8, 4) is 0 Å². The molecule has 1 amide bonds. The van der Waals surface area contributed by atoms with Crippen molar-refractivity contribution in [1.82, 2.24) is 16.0 Å². The standard InChI is InChI=1S/C20H30N4O2S/c1-21-20(24-14-18-8-4-10-27-18)23-12-15-5-2-6-16(11-15)19(25)22-13-17-7-3-9-26-17/h2,5-6,11,17-18H,3-4,7-10,12-14H2,1H3,(H,22,25)(H2,21,23,24). The molecule has 27 heavy (non-hydrogen) atoms. The van der Waals surface area contributed by atoms with Crippen molar-refractivity contribution >= 4 is 23.6 Å². The minimum Gasteiger partial charge on any atom is -0.376 e. The molecule has 1 aromatic rings. The van der Waals surface area contributed by atoms with Crippen molar-refractivity contribution in [3.05, 3.63) is 35.4 Å². The number of carbonyl (C=O) groups excluding carboxylic acids is 1. The number of guanidine groups is 1. The molecule has 1 aromatic carbocycles. The van der Waals surface area contributed by atoms with E-state index in [1.807, 2.05) is 36.0 Å². The molecule has 0 aliphatic carbocycles. The van der Waals surface area contributed by atoms with Gasteiger partial charge in [-0.15, -0.1) is 0 Å². The molecule has 0 aromatic heterocycles. The van der Waals surface area contributed by atoms with Crippen molar-refractivity contribution in [2.45, 2.75) is 43.6 Å². The Bertz CT molecular complexity index is 641. The normalized spacial score (nSPS) is 22.6. The number of aliphatic imine (C=N–C) groups is 1. The van der Waals surface area contributed by atoms with E-state index in [1.165, 1.54) is 18.6 Å². The Balaban J connectivity index is 1.45. The lowest BCUT2D eigenvalue weighted by Gasteiger charge is -2.15. The van der Waals surface area contributed by atoms with Gasteiger partial charge in [-0.1, -0.05) is 12.1 Å². The van der Waals surface area contributed by atoms with Crippen LogP contribution in [0.2, 0.25) is 0 Å². The third kappa shape index (κ3) is 6.43. The summed E-state index contributed by atoms with van der Waals surface area (Å²) < 4.78 is 5.55. The molecule has 0 saturated carbocycles. The predicted molar refractivity (Wildman–Crippen MR) is 111 cm³/mol. The van der Waals surface area contributed by atoms with E-state index in [1.54, 1.807) is 7.05 Å². The van der Waals surface area contributed by atoms with Gasteiger partial charge in [0.25, 0.3) is 5.91 Å². The van der Waals surface area contributed by atoms with Crippen LogP contribution in [0.15, 0.2) is 29.3 Å². The summed E-state index contributed by atoms with van der Waals surface area (Å²) in [4.78, 5) is 16.7. The van der Waals surface area contributed by atoms with Crippen LogP contribution >= 0.6 is 11.8 Å². The maximum Gasteiger partial charge on any atom is 0.251 e. The van der Waals surface area contributed by atoms with Gasteiger partial charge in [0.1, 0.15) is 0 Å². The molecule has 0 bridgehead atoms. The zero-order chi connectivity index (χ0) is 18.9. The van der Waals surface area contributed by atoms with Gasteiger partial charge in [0, 0.05) is 44.1 Å². The fourth-order valence-corrected chi connectivity index (χ4v) is 4.56. The lowest BCUT2D eigenvalue weighted by molar-refractivity contribution is 0.0857. The van der Waals surface area contributed by atoms with Crippen LogP contribution in [-0.4, -0.2) is 55.7 Å². The predicted octanol–water partition coefficient (Wildman–Crippen LogP) is 2.16. The molecular weight excluding hydrogens is 360 g/mol. The van der Waals surface area contributed by atoms with Gasteiger partial charge in [0.2, 0.25) is 0 Å². The lowest BCUT2D eigenvalue weighted by atomic mass is 10.1.